The molecule has 6 heteroatoms. The first-order valence-corrected chi connectivity index (χ1v) is 9.41. The second kappa shape index (κ2) is 7.02. The predicted octanol–water partition coefficient (Wildman–Crippen LogP) is 3.64. The Kier molecular flexibility index (Phi) is 4.75. The minimum Gasteiger partial charge on any atom is -0.373 e. The summed E-state index contributed by atoms with van der Waals surface area (Å²) in [5.41, 5.74) is 1.92. The maximum absolute atomic E-state index is 13.3. The molecule has 1 atom stereocenters. The molecule has 2 fully saturated rings. The van der Waals surface area contributed by atoms with Gasteiger partial charge in [-0.25, -0.2) is 8.78 Å². The number of nitrogens with zero attached hydrogens (tertiary/aromatic N) is 2. The van der Waals surface area contributed by atoms with E-state index < -0.39 is 11.6 Å². The van der Waals surface area contributed by atoms with Crippen molar-refractivity contribution in [3.8, 4) is 0 Å². The largest absolute Gasteiger partial charge is 0.373 e. The Morgan fingerprint density at radius 3 is 2.84 bits per heavy atom. The summed E-state index contributed by atoms with van der Waals surface area (Å²) in [5, 5.41) is 0. The van der Waals surface area contributed by atoms with Gasteiger partial charge in [-0.2, -0.15) is 0 Å². The second-order valence-electron chi connectivity index (χ2n) is 6.89. The van der Waals surface area contributed by atoms with Crippen LogP contribution in [0.2, 0.25) is 0 Å². The van der Waals surface area contributed by atoms with Crippen molar-refractivity contribution in [2.75, 3.05) is 18.8 Å². The smallest absolute Gasteiger partial charge is 0.159 e. The Morgan fingerprint density at radius 2 is 2.08 bits per heavy atom. The fourth-order valence-electron chi connectivity index (χ4n) is 3.60. The first-order chi connectivity index (χ1) is 12.1. The quantitative estimate of drug-likeness (QED) is 0.811. The summed E-state index contributed by atoms with van der Waals surface area (Å²) in [7, 11) is 0. The summed E-state index contributed by atoms with van der Waals surface area (Å²) in [4.78, 5) is 6.39. The lowest BCUT2D eigenvalue weighted by molar-refractivity contribution is 0.0263. The molecule has 25 heavy (non-hydrogen) atoms. The molecule has 0 radical (unpaired) electrons. The summed E-state index contributed by atoms with van der Waals surface area (Å²) in [6.07, 6.45) is 4.92. The van der Waals surface area contributed by atoms with Gasteiger partial charge in [0, 0.05) is 42.5 Å². The van der Waals surface area contributed by atoms with Gasteiger partial charge in [0.05, 0.1) is 12.7 Å². The molecule has 1 aromatic carbocycles. The van der Waals surface area contributed by atoms with E-state index in [0.29, 0.717) is 13.2 Å². The molecule has 0 bridgehead atoms. The molecule has 2 aromatic rings. The van der Waals surface area contributed by atoms with Gasteiger partial charge in [0.1, 0.15) is 0 Å². The van der Waals surface area contributed by atoms with E-state index >= 15 is 0 Å². The van der Waals surface area contributed by atoms with Gasteiger partial charge in [-0.3, -0.25) is 9.88 Å². The van der Waals surface area contributed by atoms with Gasteiger partial charge in [0.2, 0.25) is 0 Å². The molecule has 3 nitrogen and oxygen atoms in total. The molecule has 0 N–H and O–H groups in total. The molecule has 1 unspecified atom stereocenters. The number of thioether (sulfide) groups is 1. The molecule has 1 spiro atoms. The van der Waals surface area contributed by atoms with Crippen LogP contribution in [0.5, 0.6) is 0 Å². The second-order valence-corrected chi connectivity index (χ2v) is 8.37. The SMILES string of the molecule is Fc1ccc(CN2CC3(CC(OCc4cccnc4)CS3)C2)cc1F. The zero-order chi connectivity index (χ0) is 17.3. The summed E-state index contributed by atoms with van der Waals surface area (Å²) >= 11 is 1.98. The Balaban J connectivity index is 1.25. The molecule has 1 aromatic heterocycles. The zero-order valence-corrected chi connectivity index (χ0v) is 14.6. The van der Waals surface area contributed by atoms with Crippen LogP contribution in [0.3, 0.4) is 0 Å². The lowest BCUT2D eigenvalue weighted by atomic mass is 9.92. The monoisotopic (exact) mass is 362 g/mol. The maximum Gasteiger partial charge on any atom is 0.159 e. The highest BCUT2D eigenvalue weighted by molar-refractivity contribution is 8.01. The van der Waals surface area contributed by atoms with Crippen LogP contribution in [0.1, 0.15) is 17.5 Å². The van der Waals surface area contributed by atoms with Crippen LogP contribution in [-0.4, -0.2) is 39.6 Å². The molecule has 0 saturated carbocycles. The number of rotatable bonds is 5. The maximum atomic E-state index is 13.3. The van der Waals surface area contributed by atoms with Crippen LogP contribution < -0.4 is 0 Å². The van der Waals surface area contributed by atoms with Gasteiger partial charge in [0.25, 0.3) is 0 Å². The standard InChI is InChI=1S/C19H20F2N2OS/c20-17-4-3-14(6-18(17)21)9-23-12-19(13-23)7-16(11-25-19)24-10-15-2-1-5-22-8-15/h1-6,8,16H,7,9-13H2. The van der Waals surface area contributed by atoms with Crippen molar-refractivity contribution in [3.05, 3.63) is 65.5 Å². The Bertz CT molecular complexity index is 737. The third-order valence-corrected chi connectivity index (χ3v) is 6.37. The van der Waals surface area contributed by atoms with Crippen molar-refractivity contribution in [3.63, 3.8) is 0 Å². The fourth-order valence-corrected chi connectivity index (χ4v) is 5.21. The minimum atomic E-state index is -0.788. The zero-order valence-electron chi connectivity index (χ0n) is 13.8. The molecule has 0 aliphatic carbocycles. The number of aromatic nitrogens is 1. The van der Waals surface area contributed by atoms with Crippen LogP contribution in [0.15, 0.2) is 42.7 Å². The van der Waals surface area contributed by atoms with Crippen molar-refractivity contribution >= 4 is 11.8 Å². The highest BCUT2D eigenvalue weighted by Crippen LogP contribution is 2.46. The van der Waals surface area contributed by atoms with Crippen molar-refractivity contribution in [1.29, 1.82) is 0 Å². The van der Waals surface area contributed by atoms with Crippen LogP contribution in [0, 0.1) is 11.6 Å². The van der Waals surface area contributed by atoms with Gasteiger partial charge in [0.15, 0.2) is 11.6 Å². The topological polar surface area (TPSA) is 25.4 Å². The molecular weight excluding hydrogens is 342 g/mol. The van der Waals surface area contributed by atoms with Crippen molar-refractivity contribution in [2.24, 2.45) is 0 Å². The number of pyridine rings is 1. The van der Waals surface area contributed by atoms with E-state index in [1.54, 1.807) is 12.3 Å². The lowest BCUT2D eigenvalue weighted by Crippen LogP contribution is -2.58. The third kappa shape index (κ3) is 3.86. The number of ether oxygens (including phenoxy) is 1. The summed E-state index contributed by atoms with van der Waals surface area (Å²) in [5.74, 6) is -0.546. The number of likely N-dealkylation sites (tertiary alicyclic amines) is 1. The summed E-state index contributed by atoms with van der Waals surface area (Å²) < 4.78 is 32.6. The van der Waals surface area contributed by atoms with E-state index in [9.17, 15) is 8.78 Å². The lowest BCUT2D eigenvalue weighted by Gasteiger charge is -2.47. The molecule has 0 amide bonds. The predicted molar refractivity (Wildman–Crippen MR) is 94.3 cm³/mol. The van der Waals surface area contributed by atoms with Gasteiger partial charge in [-0.1, -0.05) is 12.1 Å². The number of hydrogen-bond donors (Lipinski definition) is 0. The highest BCUT2D eigenvalue weighted by Gasteiger charge is 2.49. The van der Waals surface area contributed by atoms with Crippen molar-refractivity contribution < 1.29 is 13.5 Å². The van der Waals surface area contributed by atoms with Gasteiger partial charge >= 0.3 is 0 Å². The Morgan fingerprint density at radius 1 is 1.20 bits per heavy atom. The van der Waals surface area contributed by atoms with Crippen molar-refractivity contribution in [2.45, 2.75) is 30.4 Å². The van der Waals surface area contributed by atoms with E-state index in [0.717, 1.165) is 36.4 Å². The molecular formula is C19H20F2N2OS. The van der Waals surface area contributed by atoms with Crippen LogP contribution in [-0.2, 0) is 17.9 Å². The number of benzene rings is 1. The highest BCUT2D eigenvalue weighted by atomic mass is 32.2. The number of hydrogen-bond acceptors (Lipinski definition) is 4. The van der Waals surface area contributed by atoms with Crippen LogP contribution >= 0.6 is 11.8 Å². The van der Waals surface area contributed by atoms with E-state index in [4.69, 9.17) is 4.74 Å². The minimum absolute atomic E-state index is 0.262. The van der Waals surface area contributed by atoms with E-state index in [1.165, 1.54) is 12.1 Å². The first kappa shape index (κ1) is 16.9. The van der Waals surface area contributed by atoms with Gasteiger partial charge < -0.3 is 4.74 Å². The molecule has 2 saturated heterocycles. The van der Waals surface area contributed by atoms with E-state index in [2.05, 4.69) is 9.88 Å². The third-order valence-electron chi connectivity index (χ3n) is 4.80. The fraction of sp³-hybridized carbons (Fsp3) is 0.421. The first-order valence-electron chi connectivity index (χ1n) is 8.43. The molecule has 2 aliphatic rings. The molecule has 4 rings (SSSR count). The average molecular weight is 362 g/mol. The number of halogens is 2. The Labute approximate surface area is 150 Å². The van der Waals surface area contributed by atoms with Gasteiger partial charge in [-0.05, 0) is 35.7 Å². The average Bonchev–Trinajstić information content (AvgIpc) is 3.01. The summed E-state index contributed by atoms with van der Waals surface area (Å²) in [6, 6.07) is 8.10. The van der Waals surface area contributed by atoms with Crippen LogP contribution in [0.4, 0.5) is 8.78 Å². The van der Waals surface area contributed by atoms with Crippen molar-refractivity contribution in [1.82, 2.24) is 9.88 Å². The molecule has 2 aliphatic heterocycles. The molecule has 3 heterocycles. The Hall–Kier alpha value is -1.50. The van der Waals surface area contributed by atoms with Gasteiger partial charge in [-0.15, -0.1) is 11.8 Å². The normalized spacial score (nSPS) is 22.2. The van der Waals surface area contributed by atoms with E-state index in [1.807, 2.05) is 30.1 Å². The summed E-state index contributed by atoms with van der Waals surface area (Å²) in [6.45, 7) is 3.22. The van der Waals surface area contributed by atoms with E-state index in [-0.39, 0.29) is 10.9 Å². The molecule has 132 valence electrons. The van der Waals surface area contributed by atoms with Crippen LogP contribution in [0.25, 0.3) is 0 Å².